The Morgan fingerprint density at radius 3 is 2.61 bits per heavy atom. The highest BCUT2D eigenvalue weighted by atomic mass is 79.9. The molecule has 0 atom stereocenters. The van der Waals surface area contributed by atoms with Crippen LogP contribution in [0.5, 0.6) is 5.88 Å². The first kappa shape index (κ1) is 22.1. The first-order valence-corrected chi connectivity index (χ1v) is 11.9. The topological polar surface area (TPSA) is 96.7 Å². The summed E-state index contributed by atoms with van der Waals surface area (Å²) in [5.74, 6) is 0.0584. The van der Waals surface area contributed by atoms with Gasteiger partial charge in [0.15, 0.2) is 5.88 Å². The van der Waals surface area contributed by atoms with Gasteiger partial charge >= 0.3 is 0 Å². The summed E-state index contributed by atoms with van der Waals surface area (Å²) in [5.41, 5.74) is 4.34. The lowest BCUT2D eigenvalue weighted by Crippen LogP contribution is -2.47. The highest BCUT2D eigenvalue weighted by molar-refractivity contribution is 9.10. The smallest absolute Gasteiger partial charge is 0.199 e. The lowest BCUT2D eigenvalue weighted by Gasteiger charge is -2.33. The van der Waals surface area contributed by atoms with Crippen molar-refractivity contribution in [1.29, 1.82) is 0 Å². The van der Waals surface area contributed by atoms with E-state index in [9.17, 15) is 5.11 Å². The fourth-order valence-corrected chi connectivity index (χ4v) is 4.75. The zero-order valence-electron chi connectivity index (χ0n) is 18.2. The molecule has 1 saturated heterocycles. The number of aromatic nitrogens is 1. The number of aliphatic imine (C=N–C) groups is 1. The molecule has 0 spiro atoms. The number of piperazine rings is 1. The molecule has 0 aliphatic carbocycles. The van der Waals surface area contributed by atoms with Crippen LogP contribution in [0.3, 0.4) is 0 Å². The fraction of sp³-hybridized carbons (Fsp3) is 0.333. The van der Waals surface area contributed by atoms with Crippen LogP contribution in [-0.2, 0) is 4.84 Å². The molecule has 3 heterocycles. The van der Waals surface area contributed by atoms with Crippen LogP contribution in [0.1, 0.15) is 11.1 Å². The summed E-state index contributed by atoms with van der Waals surface area (Å²) in [5, 5.41) is 25.1. The number of aliphatic hydroxyl groups is 1. The Kier molecular flexibility index (Phi) is 6.45. The number of H-pyrrole nitrogens is 1. The van der Waals surface area contributed by atoms with E-state index in [4.69, 9.17) is 14.9 Å². The van der Waals surface area contributed by atoms with Gasteiger partial charge in [-0.1, -0.05) is 39.3 Å². The molecule has 0 unspecified atom stereocenters. The molecule has 0 saturated carbocycles. The minimum Gasteiger partial charge on any atom is -0.494 e. The summed E-state index contributed by atoms with van der Waals surface area (Å²) >= 11 is 3.52. The van der Waals surface area contributed by atoms with Gasteiger partial charge in [-0.15, -0.1) is 0 Å². The summed E-state index contributed by atoms with van der Waals surface area (Å²) in [6.45, 7) is 5.99. The first-order chi connectivity index (χ1) is 16.1. The minimum absolute atomic E-state index is 0.0584. The largest absolute Gasteiger partial charge is 0.494 e. The van der Waals surface area contributed by atoms with E-state index in [1.165, 1.54) is 0 Å². The van der Waals surface area contributed by atoms with Crippen molar-refractivity contribution in [2.45, 2.75) is 0 Å². The molecule has 1 aromatic heterocycles. The molecule has 5 rings (SSSR count). The maximum Gasteiger partial charge on any atom is 0.199 e. The second kappa shape index (κ2) is 9.64. The molecule has 3 N–H and O–H groups in total. The molecule has 2 aliphatic heterocycles. The minimum atomic E-state index is 0.0584. The number of aliphatic hydroxyl groups excluding tert-OH is 1. The number of rotatable bonds is 7. The molecule has 0 amide bonds. The van der Waals surface area contributed by atoms with Gasteiger partial charge in [0.2, 0.25) is 0 Å². The predicted molar refractivity (Wildman–Crippen MR) is 133 cm³/mol. The number of aromatic amines is 1. The molecule has 9 heteroatoms. The number of hydrogen-bond donors (Lipinski definition) is 3. The molecule has 8 nitrogen and oxygen atoms in total. The monoisotopic (exact) mass is 511 g/mol. The molecular weight excluding hydrogens is 486 g/mol. The van der Waals surface area contributed by atoms with Crippen molar-refractivity contribution in [3.8, 4) is 5.88 Å². The Labute approximate surface area is 200 Å². The van der Waals surface area contributed by atoms with Crippen LogP contribution in [0.4, 0.5) is 5.69 Å². The van der Waals surface area contributed by atoms with Gasteiger partial charge in [0.1, 0.15) is 18.0 Å². The summed E-state index contributed by atoms with van der Waals surface area (Å²) in [4.78, 5) is 18.2. The van der Waals surface area contributed by atoms with Gasteiger partial charge < -0.3 is 20.0 Å². The summed E-state index contributed by atoms with van der Waals surface area (Å²) in [7, 11) is 0. The normalized spacial score (nSPS) is 18.1. The van der Waals surface area contributed by atoms with E-state index in [0.29, 0.717) is 23.6 Å². The van der Waals surface area contributed by atoms with Crippen LogP contribution < -0.4 is 0 Å². The molecule has 1 fully saturated rings. The Bertz CT molecular complexity index is 1210. The molecule has 0 radical (unpaired) electrons. The lowest BCUT2D eigenvalue weighted by molar-refractivity contribution is 0.0730. The Morgan fingerprint density at radius 2 is 1.82 bits per heavy atom. The lowest BCUT2D eigenvalue weighted by atomic mass is 10.0. The number of nitrogens with one attached hydrogen (secondary N) is 1. The number of para-hydroxylation sites is 1. The quantitative estimate of drug-likeness (QED) is 0.334. The third-order valence-corrected chi connectivity index (χ3v) is 6.62. The van der Waals surface area contributed by atoms with Crippen LogP contribution in [-0.4, -0.2) is 88.9 Å². The van der Waals surface area contributed by atoms with E-state index in [1.807, 2.05) is 42.5 Å². The highest BCUT2D eigenvalue weighted by Crippen LogP contribution is 2.36. The summed E-state index contributed by atoms with van der Waals surface area (Å²) in [6.07, 6.45) is 0. The van der Waals surface area contributed by atoms with Crippen molar-refractivity contribution in [3.63, 3.8) is 0 Å². The van der Waals surface area contributed by atoms with Crippen molar-refractivity contribution in [2.24, 2.45) is 10.1 Å². The van der Waals surface area contributed by atoms with Gasteiger partial charge in [0, 0.05) is 60.2 Å². The van der Waals surface area contributed by atoms with E-state index in [-0.39, 0.29) is 12.5 Å². The maximum atomic E-state index is 10.7. The van der Waals surface area contributed by atoms with Gasteiger partial charge in [-0.3, -0.25) is 9.80 Å². The number of benzene rings is 2. The van der Waals surface area contributed by atoms with Crippen LogP contribution in [0, 0.1) is 0 Å². The van der Waals surface area contributed by atoms with E-state index in [2.05, 4.69) is 35.9 Å². The predicted octanol–water partition coefficient (Wildman–Crippen LogP) is 3.10. The van der Waals surface area contributed by atoms with Crippen LogP contribution in [0.15, 0.2) is 57.1 Å². The third-order valence-electron chi connectivity index (χ3n) is 6.13. The summed E-state index contributed by atoms with van der Waals surface area (Å²) in [6, 6.07) is 13.6. The number of nitrogens with zero attached hydrogens (tertiary/aromatic N) is 4. The van der Waals surface area contributed by atoms with Crippen LogP contribution in [0.2, 0.25) is 0 Å². The van der Waals surface area contributed by atoms with Gasteiger partial charge in [0.25, 0.3) is 0 Å². The molecule has 2 aliphatic rings. The third kappa shape index (κ3) is 4.54. The summed E-state index contributed by atoms with van der Waals surface area (Å²) < 4.78 is 0.917. The molecule has 3 aromatic rings. The molecule has 0 bridgehead atoms. The average Bonchev–Trinajstić information content (AvgIpc) is 3.34. The molecular formula is C24H26BrN5O3. The van der Waals surface area contributed by atoms with E-state index >= 15 is 0 Å². The standard InChI is InChI=1S/C24H26BrN5O3/c25-16-5-6-20-18(15-16)21(24(32)27-20)23-22(17-3-1-2-4-19(17)26-23)28-33-14-12-30-9-7-29(8-10-30)11-13-31/h1-6,15,27,31-32H,7-14H2/b28-22+. The van der Waals surface area contributed by atoms with Crippen LogP contribution >= 0.6 is 15.9 Å². The van der Waals surface area contributed by atoms with E-state index < -0.39 is 0 Å². The second-order valence-electron chi connectivity index (χ2n) is 8.20. The molecule has 33 heavy (non-hydrogen) atoms. The molecule has 172 valence electrons. The Morgan fingerprint density at radius 1 is 1.06 bits per heavy atom. The van der Waals surface area contributed by atoms with Crippen molar-refractivity contribution in [3.05, 3.63) is 58.1 Å². The number of halogens is 1. The first-order valence-electron chi connectivity index (χ1n) is 11.1. The number of oxime groups is 1. The van der Waals surface area contributed by atoms with Crippen molar-refractivity contribution in [2.75, 3.05) is 52.5 Å². The average molecular weight is 512 g/mol. The zero-order chi connectivity index (χ0) is 22.8. The van der Waals surface area contributed by atoms with Gasteiger partial charge in [0.05, 0.1) is 17.9 Å². The van der Waals surface area contributed by atoms with E-state index in [1.54, 1.807) is 0 Å². The highest BCUT2D eigenvalue weighted by Gasteiger charge is 2.29. The van der Waals surface area contributed by atoms with Gasteiger partial charge in [-0.2, -0.15) is 0 Å². The second-order valence-corrected chi connectivity index (χ2v) is 9.11. The maximum absolute atomic E-state index is 10.7. The van der Waals surface area contributed by atoms with Gasteiger partial charge in [-0.25, -0.2) is 4.99 Å². The number of fused-ring (bicyclic) bond motifs is 2. The number of aromatic hydroxyl groups is 1. The fourth-order valence-electron chi connectivity index (χ4n) is 4.39. The molecule has 2 aromatic carbocycles. The zero-order valence-corrected chi connectivity index (χ0v) is 19.8. The number of hydrogen-bond acceptors (Lipinski definition) is 7. The van der Waals surface area contributed by atoms with Crippen molar-refractivity contribution < 1.29 is 15.1 Å². The Hall–Kier alpha value is -2.72. The van der Waals surface area contributed by atoms with E-state index in [0.717, 1.165) is 65.9 Å². The van der Waals surface area contributed by atoms with Crippen molar-refractivity contribution in [1.82, 2.24) is 14.8 Å². The SMILES string of the molecule is OCCN1CCN(CCO/N=C2/C(c3c(O)[nH]c4ccc(Br)cc34)=Nc3ccccc32)CC1. The van der Waals surface area contributed by atoms with Gasteiger partial charge in [-0.05, 0) is 24.3 Å². The van der Waals surface area contributed by atoms with Crippen LogP contribution in [0.25, 0.3) is 10.9 Å². The van der Waals surface area contributed by atoms with Crippen molar-refractivity contribution >= 4 is 43.9 Å². The number of β-amino-alcohol motifs (C(OH)–C–C–N with tert-alkyl or cyclic N) is 1. The Balaban J connectivity index is 1.35.